The third-order valence-electron chi connectivity index (χ3n) is 10.9. The van der Waals surface area contributed by atoms with Gasteiger partial charge in [-0.2, -0.15) is 0 Å². The first-order valence-electron chi connectivity index (χ1n) is 17.8. The molecule has 244 valence electrons. The zero-order chi connectivity index (χ0) is 34.2. The van der Waals surface area contributed by atoms with Gasteiger partial charge in [-0.3, -0.25) is 0 Å². The minimum absolute atomic E-state index is 0.450. The molecule has 2 nitrogen and oxygen atoms in total. The third kappa shape index (κ3) is 4.11. The molecular formula is C49H31NOS. The van der Waals surface area contributed by atoms with Crippen LogP contribution < -0.4 is 4.90 Å². The highest BCUT2D eigenvalue weighted by atomic mass is 32.1. The number of hydrogen-bond donors (Lipinski definition) is 0. The van der Waals surface area contributed by atoms with E-state index in [2.05, 4.69) is 187 Å². The topological polar surface area (TPSA) is 16.4 Å². The highest BCUT2D eigenvalue weighted by Crippen LogP contribution is 2.57. The van der Waals surface area contributed by atoms with Crippen molar-refractivity contribution < 1.29 is 4.42 Å². The Hall–Kier alpha value is -6.42. The molecule has 0 spiro atoms. The SMILES string of the molecule is c1ccc(C2(c3ccccc3)c3ccccc3-c3cc(N(c4ccc5c(c4)oc4ccccc45)c4cccc5sc6ccccc6c45)ccc32)cc1. The Morgan fingerprint density at radius 2 is 1.04 bits per heavy atom. The second-order valence-electron chi connectivity index (χ2n) is 13.6. The van der Waals surface area contributed by atoms with Crippen LogP contribution in [-0.2, 0) is 5.41 Å². The van der Waals surface area contributed by atoms with Crippen molar-refractivity contribution in [1.82, 2.24) is 0 Å². The lowest BCUT2D eigenvalue weighted by Gasteiger charge is -2.34. The van der Waals surface area contributed by atoms with Crippen LogP contribution in [0.4, 0.5) is 17.1 Å². The molecule has 11 rings (SSSR count). The van der Waals surface area contributed by atoms with E-state index in [0.29, 0.717) is 0 Å². The van der Waals surface area contributed by atoms with Gasteiger partial charge in [0.05, 0.1) is 11.1 Å². The van der Waals surface area contributed by atoms with Gasteiger partial charge in [0.1, 0.15) is 11.2 Å². The zero-order valence-electron chi connectivity index (χ0n) is 28.2. The summed E-state index contributed by atoms with van der Waals surface area (Å²) in [5, 5.41) is 4.79. The van der Waals surface area contributed by atoms with Gasteiger partial charge in [-0.15, -0.1) is 11.3 Å². The number of anilines is 3. The van der Waals surface area contributed by atoms with Crippen molar-refractivity contribution in [1.29, 1.82) is 0 Å². The molecule has 3 heteroatoms. The van der Waals surface area contributed by atoms with Crippen molar-refractivity contribution in [2.45, 2.75) is 5.41 Å². The van der Waals surface area contributed by atoms with Crippen LogP contribution in [0.2, 0.25) is 0 Å². The molecular weight excluding hydrogens is 651 g/mol. The third-order valence-corrected chi connectivity index (χ3v) is 12.1. The first-order valence-corrected chi connectivity index (χ1v) is 18.6. The summed E-state index contributed by atoms with van der Waals surface area (Å²) < 4.78 is 9.04. The summed E-state index contributed by atoms with van der Waals surface area (Å²) in [7, 11) is 0. The van der Waals surface area contributed by atoms with Crippen molar-refractivity contribution in [3.8, 4) is 11.1 Å². The lowest BCUT2D eigenvalue weighted by molar-refractivity contribution is 0.669. The molecule has 0 amide bonds. The highest BCUT2D eigenvalue weighted by molar-refractivity contribution is 7.26. The van der Waals surface area contributed by atoms with E-state index in [0.717, 1.165) is 39.0 Å². The largest absolute Gasteiger partial charge is 0.456 e. The number of fused-ring (bicyclic) bond motifs is 9. The summed E-state index contributed by atoms with van der Waals surface area (Å²) in [5.74, 6) is 0. The fourth-order valence-electron chi connectivity index (χ4n) is 8.80. The van der Waals surface area contributed by atoms with Crippen LogP contribution in [0.1, 0.15) is 22.3 Å². The summed E-state index contributed by atoms with van der Waals surface area (Å²) in [6.45, 7) is 0. The number of furan rings is 1. The molecule has 0 N–H and O–H groups in total. The van der Waals surface area contributed by atoms with Crippen LogP contribution in [0.3, 0.4) is 0 Å². The van der Waals surface area contributed by atoms with Crippen LogP contribution in [0.5, 0.6) is 0 Å². The number of hydrogen-bond acceptors (Lipinski definition) is 3. The number of nitrogens with zero attached hydrogens (tertiary/aromatic N) is 1. The maximum atomic E-state index is 6.48. The van der Waals surface area contributed by atoms with Crippen molar-refractivity contribution in [3.05, 3.63) is 210 Å². The summed E-state index contributed by atoms with van der Waals surface area (Å²) in [4.78, 5) is 2.43. The number of benzene rings is 8. The fourth-order valence-corrected chi connectivity index (χ4v) is 9.93. The Morgan fingerprint density at radius 3 is 1.87 bits per heavy atom. The Labute approximate surface area is 305 Å². The van der Waals surface area contributed by atoms with Crippen molar-refractivity contribution in [2.24, 2.45) is 0 Å². The van der Waals surface area contributed by atoms with E-state index in [9.17, 15) is 0 Å². The first kappa shape index (κ1) is 29.3. The highest BCUT2D eigenvalue weighted by Gasteiger charge is 2.46. The van der Waals surface area contributed by atoms with E-state index in [-0.39, 0.29) is 0 Å². The summed E-state index contributed by atoms with van der Waals surface area (Å²) >= 11 is 1.85. The summed E-state index contributed by atoms with van der Waals surface area (Å²) in [5.41, 5.74) is 12.3. The van der Waals surface area contributed by atoms with Gasteiger partial charge in [-0.25, -0.2) is 0 Å². The molecule has 0 fully saturated rings. The van der Waals surface area contributed by atoms with Gasteiger partial charge in [0.15, 0.2) is 0 Å². The molecule has 0 saturated carbocycles. The fraction of sp³-hybridized carbons (Fsp3) is 0.0204. The maximum absolute atomic E-state index is 6.48. The molecule has 1 aliphatic rings. The van der Waals surface area contributed by atoms with Crippen LogP contribution in [0.15, 0.2) is 192 Å². The van der Waals surface area contributed by atoms with Gasteiger partial charge in [-0.05, 0) is 81.9 Å². The van der Waals surface area contributed by atoms with E-state index in [1.165, 1.54) is 53.6 Å². The summed E-state index contributed by atoms with van der Waals surface area (Å²) in [6, 6.07) is 68.5. The second kappa shape index (κ2) is 11.3. The van der Waals surface area contributed by atoms with Crippen LogP contribution in [0, 0.1) is 0 Å². The Bertz CT molecular complexity index is 2930. The minimum Gasteiger partial charge on any atom is -0.456 e. The first-order chi connectivity index (χ1) is 25.8. The minimum atomic E-state index is -0.450. The lowest BCUT2D eigenvalue weighted by atomic mass is 9.68. The molecule has 2 aromatic heterocycles. The van der Waals surface area contributed by atoms with E-state index < -0.39 is 5.41 Å². The number of para-hydroxylation sites is 1. The van der Waals surface area contributed by atoms with Crippen molar-refractivity contribution in [3.63, 3.8) is 0 Å². The standard InChI is InChI=1S/C49H31NOS/c1-3-14-32(15-4-1)49(33-16-5-2-6-17-33)41-21-10-7-18-36(41)40-30-34(27-29-42(40)49)50(35-26-28-38-37-19-8-11-23-44(37)51-45(38)31-35)43-22-13-25-47-48(43)39-20-9-12-24-46(39)52-47/h1-31H. The van der Waals surface area contributed by atoms with E-state index >= 15 is 0 Å². The molecule has 0 aliphatic heterocycles. The van der Waals surface area contributed by atoms with Gasteiger partial charge < -0.3 is 9.32 Å². The van der Waals surface area contributed by atoms with Gasteiger partial charge in [0.25, 0.3) is 0 Å². The van der Waals surface area contributed by atoms with Crippen molar-refractivity contribution >= 4 is 70.5 Å². The van der Waals surface area contributed by atoms with Crippen LogP contribution in [0.25, 0.3) is 53.2 Å². The van der Waals surface area contributed by atoms with Gasteiger partial charge in [-0.1, -0.05) is 133 Å². The predicted octanol–water partition coefficient (Wildman–Crippen LogP) is 13.8. The van der Waals surface area contributed by atoms with Gasteiger partial charge in [0, 0.05) is 48.4 Å². The maximum Gasteiger partial charge on any atom is 0.137 e. The Kier molecular flexibility index (Phi) is 6.37. The predicted molar refractivity (Wildman–Crippen MR) is 219 cm³/mol. The smallest absolute Gasteiger partial charge is 0.137 e. The van der Waals surface area contributed by atoms with Crippen LogP contribution in [-0.4, -0.2) is 0 Å². The monoisotopic (exact) mass is 681 g/mol. The average molecular weight is 682 g/mol. The van der Waals surface area contributed by atoms with E-state index in [1.54, 1.807) is 0 Å². The second-order valence-corrected chi connectivity index (χ2v) is 14.7. The average Bonchev–Trinajstić information content (AvgIpc) is 3.87. The lowest BCUT2D eigenvalue weighted by Crippen LogP contribution is -2.28. The van der Waals surface area contributed by atoms with Gasteiger partial charge >= 0.3 is 0 Å². The van der Waals surface area contributed by atoms with E-state index in [4.69, 9.17) is 4.42 Å². The molecule has 0 saturated heterocycles. The number of thiophene rings is 1. The molecule has 0 atom stereocenters. The molecule has 10 aromatic rings. The summed E-state index contributed by atoms with van der Waals surface area (Å²) in [6.07, 6.45) is 0. The molecule has 0 bridgehead atoms. The van der Waals surface area contributed by atoms with Crippen LogP contribution >= 0.6 is 11.3 Å². The Morgan fingerprint density at radius 1 is 0.423 bits per heavy atom. The normalized spacial score (nSPS) is 13.2. The quantitative estimate of drug-likeness (QED) is 0.180. The molecule has 8 aromatic carbocycles. The molecule has 2 heterocycles. The molecule has 52 heavy (non-hydrogen) atoms. The zero-order valence-corrected chi connectivity index (χ0v) is 29.0. The van der Waals surface area contributed by atoms with E-state index in [1.807, 2.05) is 17.4 Å². The molecule has 1 aliphatic carbocycles. The van der Waals surface area contributed by atoms with Crippen molar-refractivity contribution in [2.75, 3.05) is 4.90 Å². The Balaban J connectivity index is 1.21. The molecule has 0 radical (unpaired) electrons. The van der Waals surface area contributed by atoms with Gasteiger partial charge in [0.2, 0.25) is 0 Å². The molecule has 0 unspecified atom stereocenters. The number of rotatable bonds is 5.